The molecule has 0 aliphatic carbocycles. The van der Waals surface area contributed by atoms with Gasteiger partial charge in [0.05, 0.1) is 6.04 Å². The van der Waals surface area contributed by atoms with Crippen LogP contribution in [0.25, 0.3) is 0 Å². The summed E-state index contributed by atoms with van der Waals surface area (Å²) in [5, 5.41) is 3.04. The van der Waals surface area contributed by atoms with E-state index in [2.05, 4.69) is 59.4 Å². The molecule has 0 radical (unpaired) electrons. The zero-order chi connectivity index (χ0) is 16.1. The van der Waals surface area contributed by atoms with Gasteiger partial charge in [-0.1, -0.05) is 54.0 Å². The van der Waals surface area contributed by atoms with Crippen LogP contribution in [-0.4, -0.2) is 5.91 Å². The third-order valence-corrected chi connectivity index (χ3v) is 4.11. The molecule has 116 valence electrons. The van der Waals surface area contributed by atoms with E-state index >= 15 is 0 Å². The first-order valence-electron chi connectivity index (χ1n) is 7.61. The summed E-state index contributed by atoms with van der Waals surface area (Å²) in [5.74, 6) is 0.603. The van der Waals surface area contributed by atoms with Gasteiger partial charge in [0.1, 0.15) is 0 Å². The van der Waals surface area contributed by atoms with Crippen LogP contribution in [0.4, 0.5) is 0 Å². The second kappa shape index (κ2) is 7.59. The van der Waals surface area contributed by atoms with E-state index in [4.69, 9.17) is 0 Å². The maximum absolute atomic E-state index is 12.2. The molecule has 0 aromatic heterocycles. The van der Waals surface area contributed by atoms with Gasteiger partial charge in [0.25, 0.3) is 5.91 Å². The third-order valence-electron chi connectivity index (χ3n) is 3.58. The Morgan fingerprint density at radius 1 is 1.00 bits per heavy atom. The minimum atomic E-state index is -0.0498. The van der Waals surface area contributed by atoms with Gasteiger partial charge in [-0.05, 0) is 54.7 Å². The van der Waals surface area contributed by atoms with Crippen molar-refractivity contribution in [2.24, 2.45) is 5.92 Å². The van der Waals surface area contributed by atoms with Crippen molar-refractivity contribution in [2.45, 2.75) is 33.2 Å². The number of carbonyl (C=O) groups excluding carboxylic acids is 1. The molecule has 3 heteroatoms. The summed E-state index contributed by atoms with van der Waals surface area (Å²) in [7, 11) is 0. The minimum Gasteiger partial charge on any atom is -0.346 e. The standard InChI is InChI=1S/C19H22BrNO/c1-13(2)12-15-4-6-16(7-5-15)14(3)21-19(22)17-8-10-18(20)11-9-17/h4-11,13-14H,12H2,1-3H3,(H,21,22)/t14-/m1/s1. The van der Waals surface area contributed by atoms with Gasteiger partial charge in [-0.25, -0.2) is 0 Å². The summed E-state index contributed by atoms with van der Waals surface area (Å²) in [6, 6.07) is 15.9. The fraction of sp³-hybridized carbons (Fsp3) is 0.316. The largest absolute Gasteiger partial charge is 0.346 e. The molecule has 0 spiro atoms. The number of hydrogen-bond donors (Lipinski definition) is 1. The van der Waals surface area contributed by atoms with Gasteiger partial charge < -0.3 is 5.32 Å². The molecular formula is C19H22BrNO. The molecule has 2 aromatic carbocycles. The predicted octanol–water partition coefficient (Wildman–Crippen LogP) is 5.14. The maximum Gasteiger partial charge on any atom is 0.251 e. The molecule has 0 heterocycles. The summed E-state index contributed by atoms with van der Waals surface area (Å²) in [4.78, 5) is 12.2. The van der Waals surface area contributed by atoms with Gasteiger partial charge in [0.2, 0.25) is 0 Å². The number of carbonyl (C=O) groups is 1. The van der Waals surface area contributed by atoms with Gasteiger partial charge in [-0.15, -0.1) is 0 Å². The highest BCUT2D eigenvalue weighted by molar-refractivity contribution is 9.10. The zero-order valence-corrected chi connectivity index (χ0v) is 14.9. The van der Waals surface area contributed by atoms with Crippen LogP contribution in [0.1, 0.15) is 48.3 Å². The van der Waals surface area contributed by atoms with Gasteiger partial charge in [-0.3, -0.25) is 4.79 Å². The highest BCUT2D eigenvalue weighted by Gasteiger charge is 2.11. The molecule has 22 heavy (non-hydrogen) atoms. The van der Waals surface area contributed by atoms with E-state index in [0.29, 0.717) is 11.5 Å². The first kappa shape index (κ1) is 16.8. The van der Waals surface area contributed by atoms with E-state index in [1.165, 1.54) is 5.56 Å². The molecule has 1 N–H and O–H groups in total. The molecule has 2 nitrogen and oxygen atoms in total. The van der Waals surface area contributed by atoms with E-state index in [0.717, 1.165) is 16.5 Å². The van der Waals surface area contributed by atoms with Crippen molar-refractivity contribution >= 4 is 21.8 Å². The van der Waals surface area contributed by atoms with E-state index in [-0.39, 0.29) is 11.9 Å². The number of halogens is 1. The van der Waals surface area contributed by atoms with Crippen LogP contribution in [0.2, 0.25) is 0 Å². The molecule has 0 saturated carbocycles. The fourth-order valence-corrected chi connectivity index (χ4v) is 2.64. The molecule has 1 amide bonds. The molecule has 2 aromatic rings. The number of rotatable bonds is 5. The van der Waals surface area contributed by atoms with E-state index in [1.54, 1.807) is 0 Å². The van der Waals surface area contributed by atoms with E-state index in [1.807, 2.05) is 31.2 Å². The lowest BCUT2D eigenvalue weighted by Crippen LogP contribution is -2.26. The second-order valence-corrected chi connectivity index (χ2v) is 6.96. The minimum absolute atomic E-state index is 0.00996. The van der Waals surface area contributed by atoms with Crippen LogP contribution in [0.3, 0.4) is 0 Å². The smallest absolute Gasteiger partial charge is 0.251 e. The molecular weight excluding hydrogens is 338 g/mol. The molecule has 0 aliphatic rings. The molecule has 2 rings (SSSR count). The fourth-order valence-electron chi connectivity index (χ4n) is 2.38. The molecule has 0 unspecified atom stereocenters. The van der Waals surface area contributed by atoms with Crippen molar-refractivity contribution in [1.82, 2.24) is 5.32 Å². The van der Waals surface area contributed by atoms with Gasteiger partial charge in [0, 0.05) is 10.0 Å². The monoisotopic (exact) mass is 359 g/mol. The Kier molecular flexibility index (Phi) is 5.78. The quantitative estimate of drug-likeness (QED) is 0.786. The Labute approximate surface area is 141 Å². The first-order chi connectivity index (χ1) is 10.5. The third kappa shape index (κ3) is 4.70. The average Bonchev–Trinajstić information content (AvgIpc) is 2.48. The maximum atomic E-state index is 12.2. The summed E-state index contributed by atoms with van der Waals surface area (Å²) in [5.41, 5.74) is 3.13. The number of amides is 1. The molecule has 0 saturated heterocycles. The van der Waals surface area contributed by atoms with Crippen LogP contribution in [-0.2, 0) is 6.42 Å². The summed E-state index contributed by atoms with van der Waals surface area (Å²) in [6.07, 6.45) is 1.08. The molecule has 0 fully saturated rings. The average molecular weight is 360 g/mol. The van der Waals surface area contributed by atoms with Crippen LogP contribution in [0.5, 0.6) is 0 Å². The Morgan fingerprint density at radius 3 is 2.14 bits per heavy atom. The lowest BCUT2D eigenvalue weighted by molar-refractivity contribution is 0.0940. The van der Waals surface area contributed by atoms with E-state index < -0.39 is 0 Å². The topological polar surface area (TPSA) is 29.1 Å². The van der Waals surface area contributed by atoms with Crippen LogP contribution in [0.15, 0.2) is 53.0 Å². The SMILES string of the molecule is CC(C)Cc1ccc([C@@H](C)NC(=O)c2ccc(Br)cc2)cc1. The molecule has 1 atom stereocenters. The normalized spacial score (nSPS) is 12.2. The number of hydrogen-bond acceptors (Lipinski definition) is 1. The molecule has 0 aliphatic heterocycles. The Hall–Kier alpha value is -1.61. The summed E-state index contributed by atoms with van der Waals surface area (Å²) in [6.45, 7) is 6.44. The van der Waals surface area contributed by atoms with Gasteiger partial charge >= 0.3 is 0 Å². The Morgan fingerprint density at radius 2 is 1.59 bits per heavy atom. The molecule has 0 bridgehead atoms. The van der Waals surface area contributed by atoms with Gasteiger partial charge in [0.15, 0.2) is 0 Å². The number of nitrogens with one attached hydrogen (secondary N) is 1. The van der Waals surface area contributed by atoms with Crippen molar-refractivity contribution in [3.63, 3.8) is 0 Å². The Balaban J connectivity index is 2.00. The van der Waals surface area contributed by atoms with E-state index in [9.17, 15) is 4.79 Å². The van der Waals surface area contributed by atoms with Gasteiger partial charge in [-0.2, -0.15) is 0 Å². The van der Waals surface area contributed by atoms with Crippen molar-refractivity contribution in [2.75, 3.05) is 0 Å². The van der Waals surface area contributed by atoms with Crippen molar-refractivity contribution < 1.29 is 4.79 Å². The van der Waals surface area contributed by atoms with Crippen LogP contribution in [0, 0.1) is 5.92 Å². The van der Waals surface area contributed by atoms with Crippen LogP contribution < -0.4 is 5.32 Å². The Bertz CT molecular complexity index is 617. The van der Waals surface area contributed by atoms with Crippen molar-refractivity contribution in [3.8, 4) is 0 Å². The highest BCUT2D eigenvalue weighted by Crippen LogP contribution is 2.17. The zero-order valence-electron chi connectivity index (χ0n) is 13.3. The lowest BCUT2D eigenvalue weighted by atomic mass is 10.00. The second-order valence-electron chi connectivity index (χ2n) is 6.04. The van der Waals surface area contributed by atoms with Crippen LogP contribution >= 0.6 is 15.9 Å². The summed E-state index contributed by atoms with van der Waals surface area (Å²) >= 11 is 3.37. The van der Waals surface area contributed by atoms with Crippen molar-refractivity contribution in [1.29, 1.82) is 0 Å². The van der Waals surface area contributed by atoms with Crippen molar-refractivity contribution in [3.05, 3.63) is 69.7 Å². The first-order valence-corrected chi connectivity index (χ1v) is 8.40. The predicted molar refractivity (Wildman–Crippen MR) is 95.0 cm³/mol. The number of benzene rings is 2. The highest BCUT2D eigenvalue weighted by atomic mass is 79.9. The lowest BCUT2D eigenvalue weighted by Gasteiger charge is -2.15. The summed E-state index contributed by atoms with van der Waals surface area (Å²) < 4.78 is 0.970.